The van der Waals surface area contributed by atoms with Crippen LogP contribution in [0, 0.1) is 11.6 Å². The minimum absolute atomic E-state index is 0. The van der Waals surface area contributed by atoms with Gasteiger partial charge in [0.1, 0.15) is 11.6 Å². The molecule has 2 aromatic rings. The SMILES string of the molecule is Fc1ccc(N2CCN(C(=S)[S-])CC2)cc1.Fc1ccc(N2CCN(C(=S)[S-])CC2)cc1.[Fe+2]. The maximum Gasteiger partial charge on any atom is 2.00 e. The molecule has 2 fully saturated rings. The molecule has 0 atom stereocenters. The van der Waals surface area contributed by atoms with E-state index >= 15 is 0 Å². The van der Waals surface area contributed by atoms with Crippen LogP contribution in [0.25, 0.3) is 0 Å². The summed E-state index contributed by atoms with van der Waals surface area (Å²) in [7, 11) is 0. The van der Waals surface area contributed by atoms with Crippen molar-refractivity contribution in [3.8, 4) is 0 Å². The number of nitrogens with zero attached hydrogens (tertiary/aromatic N) is 4. The minimum Gasteiger partial charge on any atom is -0.411 e. The molecule has 4 rings (SSSR count). The van der Waals surface area contributed by atoms with Crippen LogP contribution in [0.1, 0.15) is 0 Å². The van der Waals surface area contributed by atoms with E-state index in [1.807, 2.05) is 9.80 Å². The van der Waals surface area contributed by atoms with Gasteiger partial charge >= 0.3 is 17.1 Å². The molecule has 0 aliphatic carbocycles. The molecule has 11 heteroatoms. The predicted molar refractivity (Wildman–Crippen MR) is 140 cm³/mol. The van der Waals surface area contributed by atoms with Crippen molar-refractivity contribution in [1.29, 1.82) is 0 Å². The zero-order chi connectivity index (χ0) is 23.1. The smallest absolute Gasteiger partial charge is 0.411 e. The first-order valence-electron chi connectivity index (χ1n) is 10.3. The molecule has 0 spiro atoms. The molecule has 178 valence electrons. The second-order valence-corrected chi connectivity index (χ2v) is 9.50. The van der Waals surface area contributed by atoms with E-state index in [9.17, 15) is 8.78 Å². The summed E-state index contributed by atoms with van der Waals surface area (Å²) in [6.45, 7) is 6.90. The third-order valence-electron chi connectivity index (χ3n) is 5.46. The quantitative estimate of drug-likeness (QED) is 0.307. The van der Waals surface area contributed by atoms with Crippen LogP contribution in [0.5, 0.6) is 0 Å². The van der Waals surface area contributed by atoms with Crippen LogP contribution in [-0.2, 0) is 42.3 Å². The number of benzene rings is 2. The molecule has 2 saturated heterocycles. The number of thiocarbonyl (C=S) groups is 2. The van der Waals surface area contributed by atoms with Crippen LogP contribution in [0.3, 0.4) is 0 Å². The summed E-state index contributed by atoms with van der Waals surface area (Å²) >= 11 is 19.8. The minimum atomic E-state index is -0.200. The van der Waals surface area contributed by atoms with Crippen molar-refractivity contribution in [3.63, 3.8) is 0 Å². The first-order valence-corrected chi connectivity index (χ1v) is 11.9. The van der Waals surface area contributed by atoms with Crippen molar-refractivity contribution in [2.75, 3.05) is 62.2 Å². The molecule has 4 nitrogen and oxygen atoms in total. The van der Waals surface area contributed by atoms with Gasteiger partial charge in [0.15, 0.2) is 0 Å². The Morgan fingerprint density at radius 2 is 0.848 bits per heavy atom. The van der Waals surface area contributed by atoms with Crippen LogP contribution >= 0.6 is 24.4 Å². The Balaban J connectivity index is 0.000000227. The topological polar surface area (TPSA) is 13.0 Å². The summed E-state index contributed by atoms with van der Waals surface area (Å²) in [6.07, 6.45) is 0. The fourth-order valence-corrected chi connectivity index (χ4v) is 4.33. The summed E-state index contributed by atoms with van der Waals surface area (Å²) in [5.74, 6) is -0.400. The largest absolute Gasteiger partial charge is 2.00 e. The van der Waals surface area contributed by atoms with Crippen molar-refractivity contribution in [2.24, 2.45) is 0 Å². The fourth-order valence-electron chi connectivity index (χ4n) is 3.60. The first-order chi connectivity index (χ1) is 15.3. The number of hydrogen-bond acceptors (Lipinski definition) is 6. The zero-order valence-electron chi connectivity index (χ0n) is 17.8. The Kier molecular flexibility index (Phi) is 11.4. The normalized spacial score (nSPS) is 15.8. The third kappa shape index (κ3) is 8.42. The van der Waals surface area contributed by atoms with E-state index in [-0.39, 0.29) is 28.7 Å². The van der Waals surface area contributed by atoms with E-state index < -0.39 is 0 Å². The van der Waals surface area contributed by atoms with Gasteiger partial charge in [-0.3, -0.25) is 0 Å². The van der Waals surface area contributed by atoms with Gasteiger partial charge in [0.2, 0.25) is 0 Å². The monoisotopic (exact) mass is 566 g/mol. The fraction of sp³-hybridized carbons (Fsp3) is 0.364. The number of piperazine rings is 2. The van der Waals surface area contributed by atoms with Crippen molar-refractivity contribution >= 4 is 69.7 Å². The molecule has 0 radical (unpaired) electrons. The van der Waals surface area contributed by atoms with Gasteiger partial charge in [0.25, 0.3) is 0 Å². The second kappa shape index (κ2) is 13.5. The van der Waals surface area contributed by atoms with Gasteiger partial charge in [-0.15, -0.1) is 0 Å². The molecule has 0 bridgehead atoms. The summed E-state index contributed by atoms with van der Waals surface area (Å²) in [5, 5.41) is 0. The molecule has 0 aromatic heterocycles. The average Bonchev–Trinajstić information content (AvgIpc) is 2.81. The predicted octanol–water partition coefficient (Wildman–Crippen LogP) is 3.56. The molecular weight excluding hydrogens is 542 g/mol. The summed E-state index contributed by atoms with van der Waals surface area (Å²) < 4.78 is 26.6. The van der Waals surface area contributed by atoms with E-state index in [0.717, 1.165) is 63.7 Å². The zero-order valence-corrected chi connectivity index (χ0v) is 22.2. The van der Waals surface area contributed by atoms with Gasteiger partial charge in [-0.25, -0.2) is 8.78 Å². The van der Waals surface area contributed by atoms with Crippen LogP contribution in [0.4, 0.5) is 20.2 Å². The van der Waals surface area contributed by atoms with Gasteiger partial charge in [-0.2, -0.15) is 0 Å². The average molecular weight is 567 g/mol. The Bertz CT molecular complexity index is 826. The molecule has 0 saturated carbocycles. The van der Waals surface area contributed by atoms with Crippen LogP contribution in [-0.4, -0.2) is 70.8 Å². The van der Waals surface area contributed by atoms with Crippen LogP contribution in [0.2, 0.25) is 0 Å². The number of rotatable bonds is 2. The number of hydrogen-bond donors (Lipinski definition) is 0. The Labute approximate surface area is 226 Å². The van der Waals surface area contributed by atoms with Gasteiger partial charge in [0, 0.05) is 63.7 Å². The molecular formula is C22H24F2FeN4S4. The van der Waals surface area contributed by atoms with E-state index in [2.05, 4.69) is 9.80 Å². The summed E-state index contributed by atoms with van der Waals surface area (Å²) in [6, 6.07) is 13.2. The molecule has 0 N–H and O–H groups in total. The first kappa shape index (κ1) is 27.9. The molecule has 2 aliphatic rings. The Morgan fingerprint density at radius 3 is 1.09 bits per heavy atom. The summed E-state index contributed by atoms with van der Waals surface area (Å²) in [5.41, 5.74) is 2.10. The van der Waals surface area contributed by atoms with Gasteiger partial charge in [-0.05, 0) is 48.5 Å². The van der Waals surface area contributed by atoms with Crippen molar-refractivity contribution in [1.82, 2.24) is 9.80 Å². The van der Waals surface area contributed by atoms with Crippen LogP contribution in [0.15, 0.2) is 48.5 Å². The van der Waals surface area contributed by atoms with E-state index in [0.29, 0.717) is 8.64 Å². The number of halogens is 2. The molecule has 2 heterocycles. The van der Waals surface area contributed by atoms with Crippen molar-refractivity contribution < 1.29 is 25.8 Å². The second-order valence-electron chi connectivity index (χ2n) is 7.43. The maximum absolute atomic E-state index is 12.8. The Hall–Kier alpha value is -1.36. The van der Waals surface area contributed by atoms with Crippen molar-refractivity contribution in [2.45, 2.75) is 0 Å². The van der Waals surface area contributed by atoms with Gasteiger partial charge in [-0.1, -0.05) is 8.64 Å². The third-order valence-corrected chi connectivity index (χ3v) is 6.49. The van der Waals surface area contributed by atoms with E-state index in [4.69, 9.17) is 49.7 Å². The molecule has 2 aliphatic heterocycles. The molecule has 0 unspecified atom stereocenters. The molecule has 33 heavy (non-hydrogen) atoms. The van der Waals surface area contributed by atoms with E-state index in [1.165, 1.54) is 24.3 Å². The molecule has 0 amide bonds. The maximum atomic E-state index is 12.8. The van der Waals surface area contributed by atoms with Gasteiger partial charge < -0.3 is 69.3 Å². The van der Waals surface area contributed by atoms with E-state index in [1.54, 1.807) is 24.3 Å². The van der Waals surface area contributed by atoms with Crippen molar-refractivity contribution in [3.05, 3.63) is 60.2 Å². The Morgan fingerprint density at radius 1 is 0.576 bits per heavy atom. The summed E-state index contributed by atoms with van der Waals surface area (Å²) in [4.78, 5) is 8.46. The number of anilines is 2. The van der Waals surface area contributed by atoms with Crippen LogP contribution < -0.4 is 9.80 Å². The molecule has 2 aromatic carbocycles. The standard InChI is InChI=1S/2C11H13FN2S2.Fe/c2*12-9-1-3-10(4-2-9)13-5-7-14(8-6-13)11(15)16;/h2*1-4H,5-8H2,(H,15,16);/q;;+2/p-2. The van der Waals surface area contributed by atoms with Gasteiger partial charge in [0.05, 0.1) is 0 Å².